The van der Waals surface area contributed by atoms with Crippen LogP contribution in [-0.4, -0.2) is 38.1 Å². The zero-order valence-electron chi connectivity index (χ0n) is 13.0. The van der Waals surface area contributed by atoms with Gasteiger partial charge in [-0.2, -0.15) is 4.98 Å². The van der Waals surface area contributed by atoms with Gasteiger partial charge in [0.15, 0.2) is 0 Å². The van der Waals surface area contributed by atoms with Crippen LogP contribution in [0.2, 0.25) is 0 Å². The molecule has 0 N–H and O–H groups in total. The van der Waals surface area contributed by atoms with Crippen molar-refractivity contribution in [3.05, 3.63) is 58.8 Å². The molecule has 3 heterocycles. The summed E-state index contributed by atoms with van der Waals surface area (Å²) in [4.78, 5) is 15.3. The molecule has 3 aromatic rings. The second-order valence-electron chi connectivity index (χ2n) is 5.74. The quantitative estimate of drug-likeness (QED) is 0.684. The Bertz CT molecular complexity index is 799. The van der Waals surface area contributed by atoms with Crippen LogP contribution in [-0.2, 0) is 0 Å². The summed E-state index contributed by atoms with van der Waals surface area (Å²) < 4.78 is 6.65. The molecule has 4 rings (SSSR count). The van der Waals surface area contributed by atoms with Gasteiger partial charge in [0.05, 0.1) is 6.20 Å². The number of likely N-dealkylation sites (tertiary alicyclic amines) is 1. The van der Waals surface area contributed by atoms with Crippen LogP contribution < -0.4 is 0 Å². The van der Waals surface area contributed by atoms with Crippen LogP contribution in [0.15, 0.2) is 51.9 Å². The number of aromatic nitrogens is 4. The summed E-state index contributed by atoms with van der Waals surface area (Å²) in [6.45, 7) is 2.06. The lowest BCUT2D eigenvalue weighted by atomic mass is 10.1. The van der Waals surface area contributed by atoms with Crippen molar-refractivity contribution in [2.24, 2.45) is 0 Å². The first-order chi connectivity index (χ1) is 11.8. The van der Waals surface area contributed by atoms with Crippen molar-refractivity contribution >= 4 is 15.9 Å². The molecule has 1 aliphatic heterocycles. The normalized spacial score (nSPS) is 16.4. The topological polar surface area (TPSA) is 67.9 Å². The van der Waals surface area contributed by atoms with E-state index in [2.05, 4.69) is 53.1 Å². The van der Waals surface area contributed by atoms with Gasteiger partial charge in [0.2, 0.25) is 11.7 Å². The molecule has 1 aliphatic rings. The average molecular weight is 386 g/mol. The third-order valence-electron chi connectivity index (χ3n) is 4.16. The first kappa shape index (κ1) is 15.4. The molecule has 1 saturated heterocycles. The van der Waals surface area contributed by atoms with E-state index in [0.717, 1.165) is 23.1 Å². The van der Waals surface area contributed by atoms with Gasteiger partial charge in [-0.1, -0.05) is 33.2 Å². The van der Waals surface area contributed by atoms with Gasteiger partial charge in [0.1, 0.15) is 11.7 Å². The number of halogens is 1. The summed E-state index contributed by atoms with van der Waals surface area (Å²) >= 11 is 3.49. The van der Waals surface area contributed by atoms with E-state index in [1.807, 2.05) is 12.1 Å². The number of hydrogen-bond donors (Lipinski definition) is 0. The number of nitrogens with zero attached hydrogens (tertiary/aromatic N) is 5. The molecular weight excluding hydrogens is 370 g/mol. The lowest BCUT2D eigenvalue weighted by Gasteiger charge is -2.24. The largest absolute Gasteiger partial charge is 0.337 e. The van der Waals surface area contributed by atoms with Gasteiger partial charge in [-0.3, -0.25) is 9.88 Å². The summed E-state index contributed by atoms with van der Waals surface area (Å²) in [5, 5.41) is 4.10. The van der Waals surface area contributed by atoms with Crippen molar-refractivity contribution in [2.45, 2.75) is 18.9 Å². The van der Waals surface area contributed by atoms with E-state index in [1.165, 1.54) is 12.8 Å². The third kappa shape index (κ3) is 3.09. The second kappa shape index (κ2) is 6.78. The van der Waals surface area contributed by atoms with Crippen molar-refractivity contribution < 1.29 is 4.52 Å². The molecule has 1 atom stereocenters. The zero-order valence-corrected chi connectivity index (χ0v) is 14.6. The summed E-state index contributed by atoms with van der Waals surface area (Å²) in [5.41, 5.74) is 1.76. The van der Waals surface area contributed by atoms with Gasteiger partial charge in [-0.25, -0.2) is 4.98 Å². The van der Waals surface area contributed by atoms with Gasteiger partial charge < -0.3 is 4.52 Å². The molecule has 1 fully saturated rings. The molecule has 0 bridgehead atoms. The molecular formula is C17H16BrN5O. The number of hydrogen-bond acceptors (Lipinski definition) is 6. The molecule has 1 unspecified atom stereocenters. The fraction of sp³-hybridized carbons (Fsp3) is 0.294. The number of benzene rings is 1. The standard InChI is InChI=1S/C17H16BrN5O/c18-13-5-3-12(4-6-13)15(23-9-1-2-10-23)17-21-16(22-24-17)14-11-19-7-8-20-14/h3-8,11,15H,1-2,9-10H2. The summed E-state index contributed by atoms with van der Waals surface area (Å²) in [6.07, 6.45) is 7.27. The molecule has 0 saturated carbocycles. The minimum absolute atomic E-state index is 0.0291. The SMILES string of the molecule is Brc1ccc(C(c2nc(-c3cnccn3)no2)N2CCCC2)cc1. The Labute approximate surface area is 148 Å². The van der Waals surface area contributed by atoms with Crippen LogP contribution in [0.25, 0.3) is 11.5 Å². The van der Waals surface area contributed by atoms with Crippen LogP contribution in [0, 0.1) is 0 Å². The molecule has 0 aliphatic carbocycles. The van der Waals surface area contributed by atoms with Crippen LogP contribution in [0.3, 0.4) is 0 Å². The Kier molecular flexibility index (Phi) is 4.36. The van der Waals surface area contributed by atoms with Crippen molar-refractivity contribution in [1.82, 2.24) is 25.0 Å². The highest BCUT2D eigenvalue weighted by Gasteiger charge is 2.30. The van der Waals surface area contributed by atoms with Gasteiger partial charge in [-0.05, 0) is 43.6 Å². The second-order valence-corrected chi connectivity index (χ2v) is 6.66. The molecule has 0 spiro atoms. The van der Waals surface area contributed by atoms with E-state index in [1.54, 1.807) is 18.6 Å². The smallest absolute Gasteiger partial charge is 0.248 e. The maximum Gasteiger partial charge on any atom is 0.248 e. The van der Waals surface area contributed by atoms with Crippen molar-refractivity contribution in [1.29, 1.82) is 0 Å². The van der Waals surface area contributed by atoms with Crippen molar-refractivity contribution in [3.8, 4) is 11.5 Å². The van der Waals surface area contributed by atoms with Crippen LogP contribution in [0.1, 0.15) is 30.3 Å². The van der Waals surface area contributed by atoms with Crippen LogP contribution in [0.5, 0.6) is 0 Å². The predicted octanol–water partition coefficient (Wildman–Crippen LogP) is 3.47. The lowest BCUT2D eigenvalue weighted by molar-refractivity contribution is 0.225. The average Bonchev–Trinajstić information content (AvgIpc) is 3.30. The maximum absolute atomic E-state index is 5.60. The Balaban J connectivity index is 1.71. The summed E-state index contributed by atoms with van der Waals surface area (Å²) in [5.74, 6) is 1.07. The molecule has 122 valence electrons. The molecule has 6 nitrogen and oxygen atoms in total. The third-order valence-corrected chi connectivity index (χ3v) is 4.69. The van der Waals surface area contributed by atoms with Gasteiger partial charge in [-0.15, -0.1) is 0 Å². The molecule has 24 heavy (non-hydrogen) atoms. The van der Waals surface area contributed by atoms with Gasteiger partial charge in [0.25, 0.3) is 0 Å². The number of rotatable bonds is 4. The molecule has 0 amide bonds. The highest BCUT2D eigenvalue weighted by molar-refractivity contribution is 9.10. The van der Waals surface area contributed by atoms with E-state index < -0.39 is 0 Å². The monoisotopic (exact) mass is 385 g/mol. The minimum Gasteiger partial charge on any atom is -0.337 e. The summed E-state index contributed by atoms with van der Waals surface area (Å²) in [7, 11) is 0. The molecule has 7 heteroatoms. The van der Waals surface area contributed by atoms with Gasteiger partial charge >= 0.3 is 0 Å². The van der Waals surface area contributed by atoms with E-state index in [4.69, 9.17) is 4.52 Å². The van der Waals surface area contributed by atoms with E-state index in [0.29, 0.717) is 17.4 Å². The zero-order chi connectivity index (χ0) is 16.4. The maximum atomic E-state index is 5.60. The fourth-order valence-corrected chi connectivity index (χ4v) is 3.28. The lowest BCUT2D eigenvalue weighted by Crippen LogP contribution is -2.26. The molecule has 1 aromatic carbocycles. The van der Waals surface area contributed by atoms with Crippen molar-refractivity contribution in [2.75, 3.05) is 13.1 Å². The predicted molar refractivity (Wildman–Crippen MR) is 92.1 cm³/mol. The van der Waals surface area contributed by atoms with E-state index in [9.17, 15) is 0 Å². The Hall–Kier alpha value is -2.12. The summed E-state index contributed by atoms with van der Waals surface area (Å²) in [6, 6.07) is 8.24. The Morgan fingerprint density at radius 2 is 1.88 bits per heavy atom. The minimum atomic E-state index is -0.0291. The first-order valence-electron chi connectivity index (χ1n) is 7.91. The van der Waals surface area contributed by atoms with E-state index >= 15 is 0 Å². The molecule has 0 radical (unpaired) electrons. The highest BCUT2D eigenvalue weighted by Crippen LogP contribution is 2.32. The van der Waals surface area contributed by atoms with Crippen molar-refractivity contribution in [3.63, 3.8) is 0 Å². The first-order valence-corrected chi connectivity index (χ1v) is 8.70. The Morgan fingerprint density at radius 3 is 2.58 bits per heavy atom. The van der Waals surface area contributed by atoms with Crippen LogP contribution >= 0.6 is 15.9 Å². The van der Waals surface area contributed by atoms with Crippen LogP contribution in [0.4, 0.5) is 0 Å². The molecule has 2 aromatic heterocycles. The van der Waals surface area contributed by atoms with E-state index in [-0.39, 0.29) is 6.04 Å². The fourth-order valence-electron chi connectivity index (χ4n) is 3.02. The highest BCUT2D eigenvalue weighted by atomic mass is 79.9. The van der Waals surface area contributed by atoms with Gasteiger partial charge in [0, 0.05) is 16.9 Å². The Morgan fingerprint density at radius 1 is 1.08 bits per heavy atom.